The molecule has 0 amide bonds. The first kappa shape index (κ1) is 18.2. The molecule has 27 heavy (non-hydrogen) atoms. The van der Waals surface area contributed by atoms with E-state index < -0.39 is 0 Å². The fraction of sp³-hybridized carbons (Fsp3) is 0.150. The van der Waals surface area contributed by atoms with E-state index in [1.807, 2.05) is 49.4 Å². The number of aromatic nitrogens is 4. The smallest absolute Gasteiger partial charge is 0.192 e. The van der Waals surface area contributed by atoms with Gasteiger partial charge in [0, 0.05) is 16.7 Å². The molecule has 0 saturated carbocycles. The third-order valence-corrected chi connectivity index (χ3v) is 6.18. The predicted molar refractivity (Wildman–Crippen MR) is 112 cm³/mol. The third-order valence-electron chi connectivity index (χ3n) is 4.03. The summed E-state index contributed by atoms with van der Waals surface area (Å²) in [6.07, 6.45) is 0. The molecule has 0 atom stereocenters. The molecule has 136 valence electrons. The SMILES string of the molecule is Cc1nc(CSc2nnc(-c3ccccc3Cl)n2Cc2ccccc2)cs1. The highest BCUT2D eigenvalue weighted by Gasteiger charge is 2.17. The van der Waals surface area contributed by atoms with E-state index in [1.54, 1.807) is 23.1 Å². The van der Waals surface area contributed by atoms with Crippen molar-refractivity contribution >= 4 is 34.7 Å². The van der Waals surface area contributed by atoms with Crippen molar-refractivity contribution in [1.82, 2.24) is 19.7 Å². The van der Waals surface area contributed by atoms with Crippen molar-refractivity contribution in [3.05, 3.63) is 81.3 Å². The average Bonchev–Trinajstić information content (AvgIpc) is 3.27. The van der Waals surface area contributed by atoms with Gasteiger partial charge in [-0.15, -0.1) is 21.5 Å². The van der Waals surface area contributed by atoms with Crippen LogP contribution in [0, 0.1) is 6.92 Å². The zero-order valence-corrected chi connectivity index (χ0v) is 17.1. The summed E-state index contributed by atoms with van der Waals surface area (Å²) in [6.45, 7) is 2.71. The van der Waals surface area contributed by atoms with E-state index in [-0.39, 0.29) is 0 Å². The fourth-order valence-electron chi connectivity index (χ4n) is 2.76. The molecule has 0 spiro atoms. The lowest BCUT2D eigenvalue weighted by Crippen LogP contribution is -2.04. The van der Waals surface area contributed by atoms with Crippen molar-refractivity contribution in [2.24, 2.45) is 0 Å². The van der Waals surface area contributed by atoms with Gasteiger partial charge in [0.25, 0.3) is 0 Å². The Kier molecular flexibility index (Phi) is 5.57. The highest BCUT2D eigenvalue weighted by molar-refractivity contribution is 7.98. The quantitative estimate of drug-likeness (QED) is 0.381. The number of hydrogen-bond acceptors (Lipinski definition) is 5. The molecule has 7 heteroatoms. The topological polar surface area (TPSA) is 43.6 Å². The Hall–Kier alpha value is -2.15. The molecular weight excluding hydrogens is 396 g/mol. The molecule has 0 fully saturated rings. The van der Waals surface area contributed by atoms with E-state index >= 15 is 0 Å². The fourth-order valence-corrected chi connectivity index (χ4v) is 4.53. The van der Waals surface area contributed by atoms with Crippen LogP contribution in [-0.4, -0.2) is 19.7 Å². The van der Waals surface area contributed by atoms with Gasteiger partial charge < -0.3 is 0 Å². The Morgan fingerprint density at radius 1 is 1.04 bits per heavy atom. The summed E-state index contributed by atoms with van der Waals surface area (Å²) in [6, 6.07) is 18.1. The Morgan fingerprint density at radius 2 is 1.81 bits per heavy atom. The Balaban J connectivity index is 1.69. The molecule has 2 aromatic carbocycles. The third kappa shape index (κ3) is 4.24. The highest BCUT2D eigenvalue weighted by Crippen LogP contribution is 2.31. The van der Waals surface area contributed by atoms with Crippen molar-refractivity contribution in [2.75, 3.05) is 0 Å². The molecular formula is C20H17ClN4S2. The lowest BCUT2D eigenvalue weighted by Gasteiger charge is -2.11. The number of thioether (sulfide) groups is 1. The second-order valence-corrected chi connectivity index (χ2v) is 8.42. The summed E-state index contributed by atoms with van der Waals surface area (Å²) >= 11 is 9.73. The molecule has 2 heterocycles. The number of rotatable bonds is 6. The number of benzene rings is 2. The molecule has 0 radical (unpaired) electrons. The van der Waals surface area contributed by atoms with Gasteiger partial charge in [0.2, 0.25) is 0 Å². The Bertz CT molecular complexity index is 1040. The van der Waals surface area contributed by atoms with Crippen LogP contribution in [0.3, 0.4) is 0 Å². The summed E-state index contributed by atoms with van der Waals surface area (Å²) in [7, 11) is 0. The van der Waals surface area contributed by atoms with Crippen molar-refractivity contribution in [2.45, 2.75) is 24.4 Å². The maximum absolute atomic E-state index is 6.42. The summed E-state index contributed by atoms with van der Waals surface area (Å²) in [4.78, 5) is 4.54. The van der Waals surface area contributed by atoms with Crippen LogP contribution in [0.5, 0.6) is 0 Å². The first-order valence-corrected chi connectivity index (χ1v) is 10.7. The Morgan fingerprint density at radius 3 is 2.56 bits per heavy atom. The van der Waals surface area contributed by atoms with E-state index in [1.165, 1.54) is 5.56 Å². The van der Waals surface area contributed by atoms with Gasteiger partial charge in [-0.3, -0.25) is 4.57 Å². The average molecular weight is 413 g/mol. The zero-order valence-electron chi connectivity index (χ0n) is 14.7. The summed E-state index contributed by atoms with van der Waals surface area (Å²) < 4.78 is 2.13. The van der Waals surface area contributed by atoms with Gasteiger partial charge in [0.05, 0.1) is 22.3 Å². The van der Waals surface area contributed by atoms with Crippen LogP contribution in [0.4, 0.5) is 0 Å². The van der Waals surface area contributed by atoms with Gasteiger partial charge in [0.1, 0.15) is 0 Å². The van der Waals surface area contributed by atoms with Crippen LogP contribution in [0.25, 0.3) is 11.4 Å². The Labute approximate surface area is 171 Å². The zero-order chi connectivity index (χ0) is 18.6. The maximum Gasteiger partial charge on any atom is 0.192 e. The molecule has 0 aliphatic carbocycles. The predicted octanol–water partition coefficient (Wildman–Crippen LogP) is 5.70. The molecule has 4 nitrogen and oxygen atoms in total. The molecule has 0 aliphatic rings. The molecule has 4 rings (SSSR count). The van der Waals surface area contributed by atoms with Gasteiger partial charge in [-0.25, -0.2) is 4.98 Å². The number of halogens is 1. The molecule has 4 aromatic rings. The van der Waals surface area contributed by atoms with Gasteiger partial charge in [-0.1, -0.05) is 65.8 Å². The van der Waals surface area contributed by atoms with Crippen molar-refractivity contribution in [3.8, 4) is 11.4 Å². The number of nitrogens with zero attached hydrogens (tertiary/aromatic N) is 4. The van der Waals surface area contributed by atoms with E-state index in [0.717, 1.165) is 33.0 Å². The van der Waals surface area contributed by atoms with Gasteiger partial charge in [0.15, 0.2) is 11.0 Å². The first-order valence-electron chi connectivity index (χ1n) is 8.46. The maximum atomic E-state index is 6.42. The van der Waals surface area contributed by atoms with Crippen molar-refractivity contribution in [1.29, 1.82) is 0 Å². The molecule has 0 unspecified atom stereocenters. The van der Waals surface area contributed by atoms with Crippen LogP contribution < -0.4 is 0 Å². The minimum absolute atomic E-state index is 0.672. The van der Waals surface area contributed by atoms with Crippen molar-refractivity contribution < 1.29 is 0 Å². The minimum Gasteiger partial charge on any atom is -0.297 e. The normalized spacial score (nSPS) is 11.0. The number of aryl methyl sites for hydroxylation is 1. The minimum atomic E-state index is 0.672. The molecule has 0 aliphatic heterocycles. The largest absolute Gasteiger partial charge is 0.297 e. The lowest BCUT2D eigenvalue weighted by atomic mass is 10.2. The lowest BCUT2D eigenvalue weighted by molar-refractivity contribution is 0.714. The number of thiazole rings is 1. The van der Waals surface area contributed by atoms with Crippen LogP contribution >= 0.6 is 34.7 Å². The molecule has 0 saturated heterocycles. The number of hydrogen-bond donors (Lipinski definition) is 0. The van der Waals surface area contributed by atoms with Gasteiger partial charge in [-0.05, 0) is 24.6 Å². The van der Waals surface area contributed by atoms with Crippen LogP contribution in [0.15, 0.2) is 65.1 Å². The van der Waals surface area contributed by atoms with E-state index in [2.05, 4.69) is 37.3 Å². The standard InChI is InChI=1S/C20H17ClN4S2/c1-14-22-16(12-26-14)13-27-20-24-23-19(17-9-5-6-10-18(17)21)25(20)11-15-7-3-2-4-8-15/h2-10,12H,11,13H2,1H3. The van der Waals surface area contributed by atoms with Crippen molar-refractivity contribution in [3.63, 3.8) is 0 Å². The van der Waals surface area contributed by atoms with Gasteiger partial charge >= 0.3 is 0 Å². The second-order valence-electron chi connectivity index (χ2n) is 6.00. The summed E-state index contributed by atoms with van der Waals surface area (Å²) in [5, 5.41) is 13.6. The van der Waals surface area contributed by atoms with Crippen LogP contribution in [0.1, 0.15) is 16.3 Å². The molecule has 0 N–H and O–H groups in total. The second kappa shape index (κ2) is 8.25. The monoisotopic (exact) mass is 412 g/mol. The van der Waals surface area contributed by atoms with E-state index in [9.17, 15) is 0 Å². The van der Waals surface area contributed by atoms with Gasteiger partial charge in [-0.2, -0.15) is 0 Å². The van der Waals surface area contributed by atoms with Crippen LogP contribution in [-0.2, 0) is 12.3 Å². The summed E-state index contributed by atoms with van der Waals surface area (Å²) in [5.74, 6) is 1.54. The van der Waals surface area contributed by atoms with E-state index in [4.69, 9.17) is 11.6 Å². The molecule has 2 aromatic heterocycles. The highest BCUT2D eigenvalue weighted by atomic mass is 35.5. The van der Waals surface area contributed by atoms with E-state index in [0.29, 0.717) is 11.6 Å². The summed E-state index contributed by atoms with van der Waals surface area (Å²) in [5.41, 5.74) is 3.15. The van der Waals surface area contributed by atoms with Crippen LogP contribution in [0.2, 0.25) is 5.02 Å². The molecule has 0 bridgehead atoms. The first-order chi connectivity index (χ1) is 13.2.